The normalized spacial score (nSPS) is 13.4. The standard InChI is InChI=1S/C32H12BF24.C27H49S/c34-25(35,36)13-1-14(26(37,38)39)6-21(5-13)33(22-7-15(27(40,41)42)2-16(8-22)28(43,44)45,23-9-17(29(46,47)48)3-18(10-23)30(49,50)51)24-11-19(31(52,53)54)4-20(12-24)32(55,56)57;1-4-5-6-7-8-9-10-11-12-13-14-15-16-17-18-19-20-26-21-23-27(24-22-26)25-28(2)3/h1-12H;21-24H,4-20,25H2,1-3H3/q-1;+1. The largest absolute Gasteiger partial charge is 0.416 e. The first-order valence-electron chi connectivity index (χ1n) is 27.0. The van der Waals surface area contributed by atoms with Crippen molar-refractivity contribution in [2.24, 2.45) is 0 Å². The van der Waals surface area contributed by atoms with Gasteiger partial charge in [-0.15, -0.1) is 0 Å². The Hall–Kier alpha value is -5.17. The van der Waals surface area contributed by atoms with E-state index in [1.165, 1.54) is 126 Å². The van der Waals surface area contributed by atoms with Crippen LogP contribution in [0, 0.1) is 0 Å². The smallest absolute Gasteiger partial charge is 0.194 e. The van der Waals surface area contributed by atoms with E-state index in [1.807, 2.05) is 0 Å². The summed E-state index contributed by atoms with van der Waals surface area (Å²) in [5, 5.41) is 0. The van der Waals surface area contributed by atoms with Crippen molar-refractivity contribution in [3.05, 3.63) is 153 Å². The lowest BCUT2D eigenvalue weighted by molar-refractivity contribution is -0.144. The molecule has 0 radical (unpaired) electrons. The number of alkyl halides is 24. The molecular formula is C59H61BF24S. The van der Waals surface area contributed by atoms with Crippen molar-refractivity contribution in [2.45, 2.75) is 171 Å². The van der Waals surface area contributed by atoms with Crippen LogP contribution in [0.25, 0.3) is 0 Å². The molecule has 5 rings (SSSR count). The predicted molar refractivity (Wildman–Crippen MR) is 283 cm³/mol. The molecule has 0 spiro atoms. The van der Waals surface area contributed by atoms with Gasteiger partial charge in [0.25, 0.3) is 0 Å². The van der Waals surface area contributed by atoms with Gasteiger partial charge >= 0.3 is 49.4 Å². The van der Waals surface area contributed by atoms with Crippen LogP contribution in [0.1, 0.15) is 165 Å². The van der Waals surface area contributed by atoms with E-state index in [9.17, 15) is 105 Å². The van der Waals surface area contributed by atoms with E-state index in [4.69, 9.17) is 0 Å². The maximum absolute atomic E-state index is 14.2. The molecular weight excluding hydrogens is 1210 g/mol. The minimum absolute atomic E-state index is 0.511. The fourth-order valence-corrected chi connectivity index (χ4v) is 10.9. The Kier molecular flexibility index (Phi) is 24.9. The molecule has 0 aliphatic carbocycles. The summed E-state index contributed by atoms with van der Waals surface area (Å²) in [6, 6.07) is 0.583. The van der Waals surface area contributed by atoms with Gasteiger partial charge in [0.05, 0.1) is 57.0 Å². The number of aryl methyl sites for hydroxylation is 1. The molecule has 85 heavy (non-hydrogen) atoms. The Bertz CT molecular complexity index is 2450. The minimum Gasteiger partial charge on any atom is -0.194 e. The van der Waals surface area contributed by atoms with E-state index in [-0.39, 0.29) is 0 Å². The van der Waals surface area contributed by atoms with E-state index >= 15 is 0 Å². The van der Waals surface area contributed by atoms with Crippen molar-refractivity contribution in [1.29, 1.82) is 0 Å². The lowest BCUT2D eigenvalue weighted by Gasteiger charge is -2.46. The van der Waals surface area contributed by atoms with Crippen molar-refractivity contribution in [1.82, 2.24) is 0 Å². The molecule has 0 aliphatic heterocycles. The Balaban J connectivity index is 0.000000464. The molecule has 26 heteroatoms. The number of hydrogen-bond acceptors (Lipinski definition) is 0. The van der Waals surface area contributed by atoms with Gasteiger partial charge in [-0.3, -0.25) is 0 Å². The van der Waals surface area contributed by atoms with Gasteiger partial charge in [0, 0.05) is 5.56 Å². The zero-order valence-electron chi connectivity index (χ0n) is 46.0. The molecule has 0 unspecified atom stereocenters. The average Bonchev–Trinajstić information content (AvgIpc) is 0.747. The molecule has 0 saturated heterocycles. The molecule has 0 bridgehead atoms. The summed E-state index contributed by atoms with van der Waals surface area (Å²) in [7, 11) is 0.511. The van der Waals surface area contributed by atoms with Crippen molar-refractivity contribution < 1.29 is 105 Å². The van der Waals surface area contributed by atoms with E-state index in [0.29, 0.717) is 10.9 Å². The number of unbranched alkanes of at least 4 members (excludes halogenated alkanes) is 15. The lowest BCUT2D eigenvalue weighted by atomic mass is 9.12. The summed E-state index contributed by atoms with van der Waals surface area (Å²) in [6.45, 7) is 2.30. The number of benzene rings is 5. The first-order valence-corrected chi connectivity index (χ1v) is 29.2. The summed E-state index contributed by atoms with van der Waals surface area (Å²) in [5.74, 6) is 1.24. The molecule has 0 amide bonds. The van der Waals surface area contributed by atoms with Crippen molar-refractivity contribution >= 4 is 38.9 Å². The first-order chi connectivity index (χ1) is 39.0. The second-order valence-corrected chi connectivity index (χ2v) is 23.5. The molecule has 0 fully saturated rings. The van der Waals surface area contributed by atoms with Crippen LogP contribution >= 0.6 is 0 Å². The van der Waals surface area contributed by atoms with E-state index in [1.54, 1.807) is 0 Å². The van der Waals surface area contributed by atoms with Crippen LogP contribution in [-0.4, -0.2) is 18.7 Å². The van der Waals surface area contributed by atoms with Gasteiger partial charge in [-0.2, -0.15) is 127 Å². The number of halogens is 24. The van der Waals surface area contributed by atoms with Crippen LogP contribution in [0.15, 0.2) is 97.1 Å². The van der Waals surface area contributed by atoms with Gasteiger partial charge in [-0.1, -0.05) is 176 Å². The third-order valence-electron chi connectivity index (χ3n) is 14.2. The van der Waals surface area contributed by atoms with Gasteiger partial charge in [0.15, 0.2) is 0 Å². The first kappa shape index (κ1) is 72.3. The third-order valence-corrected chi connectivity index (χ3v) is 15.1. The highest BCUT2D eigenvalue weighted by molar-refractivity contribution is 7.94. The fraction of sp³-hybridized carbons (Fsp3) is 0.492. The van der Waals surface area contributed by atoms with E-state index in [2.05, 4.69) is 43.7 Å². The molecule has 0 nitrogen and oxygen atoms in total. The van der Waals surface area contributed by atoms with Gasteiger partial charge in [0.2, 0.25) is 0 Å². The Morgan fingerprint density at radius 2 is 0.459 bits per heavy atom. The zero-order valence-corrected chi connectivity index (χ0v) is 46.8. The maximum Gasteiger partial charge on any atom is 0.416 e. The average molecular weight is 1270 g/mol. The monoisotopic (exact) mass is 1270 g/mol. The third kappa shape index (κ3) is 21.6. The van der Waals surface area contributed by atoms with Gasteiger partial charge < -0.3 is 0 Å². The molecule has 5 aromatic rings. The molecule has 0 N–H and O–H groups in total. The van der Waals surface area contributed by atoms with Gasteiger partial charge in [0.1, 0.15) is 11.9 Å². The van der Waals surface area contributed by atoms with Crippen LogP contribution in [-0.2, 0) is 72.5 Å². The molecule has 0 atom stereocenters. The van der Waals surface area contributed by atoms with Crippen LogP contribution in [0.3, 0.4) is 0 Å². The topological polar surface area (TPSA) is 0 Å². The molecule has 0 heterocycles. The summed E-state index contributed by atoms with van der Waals surface area (Å²) in [5.41, 5.74) is -27.2. The maximum atomic E-state index is 14.2. The highest BCUT2D eigenvalue weighted by Crippen LogP contribution is 2.42. The summed E-state index contributed by atoms with van der Waals surface area (Å²) in [4.78, 5) is 0. The van der Waals surface area contributed by atoms with Crippen LogP contribution in [0.5, 0.6) is 0 Å². The number of hydrogen-bond donors (Lipinski definition) is 0. The molecule has 474 valence electrons. The molecule has 5 aromatic carbocycles. The Morgan fingerprint density at radius 3 is 0.647 bits per heavy atom. The highest BCUT2D eigenvalue weighted by Gasteiger charge is 2.47. The van der Waals surface area contributed by atoms with E-state index in [0.717, 1.165) is 0 Å². The van der Waals surface area contributed by atoms with Crippen LogP contribution in [0.2, 0.25) is 0 Å². The molecule has 0 aliphatic rings. The van der Waals surface area contributed by atoms with Crippen molar-refractivity contribution in [3.63, 3.8) is 0 Å². The summed E-state index contributed by atoms with van der Waals surface area (Å²) < 4.78 is 341. The highest BCUT2D eigenvalue weighted by atomic mass is 32.2. The quantitative estimate of drug-likeness (QED) is 0.0265. The summed E-state index contributed by atoms with van der Waals surface area (Å²) >= 11 is 0. The second-order valence-electron chi connectivity index (χ2n) is 21.2. The van der Waals surface area contributed by atoms with E-state index < -0.39 is 195 Å². The minimum atomic E-state index is -6.13. The Labute approximate surface area is 479 Å². The molecule has 0 saturated carbocycles. The van der Waals surface area contributed by atoms with Gasteiger partial charge in [-0.25, -0.2) is 0 Å². The zero-order chi connectivity index (χ0) is 64.2. The number of rotatable bonds is 23. The van der Waals surface area contributed by atoms with Crippen molar-refractivity contribution in [2.75, 3.05) is 12.5 Å². The van der Waals surface area contributed by atoms with Crippen LogP contribution in [0.4, 0.5) is 105 Å². The lowest BCUT2D eigenvalue weighted by Crippen LogP contribution is -2.75. The second kappa shape index (κ2) is 29.2. The Morgan fingerprint density at radius 1 is 0.271 bits per heavy atom. The fourth-order valence-electron chi connectivity index (χ4n) is 10.1. The van der Waals surface area contributed by atoms with Crippen LogP contribution < -0.4 is 21.9 Å². The van der Waals surface area contributed by atoms with Crippen molar-refractivity contribution in [3.8, 4) is 0 Å². The predicted octanol–water partition coefficient (Wildman–Crippen LogP) is 20.1. The van der Waals surface area contributed by atoms with Gasteiger partial charge in [-0.05, 0) is 53.6 Å². The molecule has 0 aromatic heterocycles. The summed E-state index contributed by atoms with van der Waals surface area (Å²) in [6.07, 6.45) is -25.7. The SMILES string of the molecule is CCCCCCCCCCCCCCCCCCc1ccc(C[S+](C)C)cc1.FC(F)(F)c1cc([B-](c2cc(C(F)(F)F)cc(C(F)(F)F)c2)(c2cc(C(F)(F)F)cc(C(F)(F)F)c2)c2cc(C(F)(F)F)cc(C(F)(F)F)c2)cc(C(F)(F)F)c1.